The van der Waals surface area contributed by atoms with Crippen LogP contribution in [0.4, 0.5) is 17.1 Å². The first-order valence-corrected chi connectivity index (χ1v) is 11.5. The fraction of sp³-hybridized carbons (Fsp3) is 0.238. The third kappa shape index (κ3) is 3.60. The van der Waals surface area contributed by atoms with E-state index >= 15 is 0 Å². The van der Waals surface area contributed by atoms with Gasteiger partial charge in [-0.25, -0.2) is 12.7 Å². The average Bonchev–Trinajstić information content (AvgIpc) is 2.77. The molecule has 9 nitrogen and oxygen atoms in total. The maximum absolute atomic E-state index is 12.6. The Kier molecular flexibility index (Phi) is 5.61. The predicted molar refractivity (Wildman–Crippen MR) is 122 cm³/mol. The van der Waals surface area contributed by atoms with Crippen LogP contribution in [-0.2, 0) is 10.0 Å². The van der Waals surface area contributed by atoms with Gasteiger partial charge < -0.3 is 20.5 Å². The summed E-state index contributed by atoms with van der Waals surface area (Å²) in [5.74, 6) is 0.0416. The van der Waals surface area contributed by atoms with E-state index in [1.54, 1.807) is 0 Å². The van der Waals surface area contributed by atoms with Crippen molar-refractivity contribution in [3.63, 3.8) is 0 Å². The van der Waals surface area contributed by atoms with Crippen molar-refractivity contribution >= 4 is 38.7 Å². The lowest BCUT2D eigenvalue weighted by Crippen LogP contribution is -2.38. The van der Waals surface area contributed by atoms with Gasteiger partial charge in [0, 0.05) is 26.1 Å². The second kappa shape index (κ2) is 8.12. The Labute approximate surface area is 188 Å². The van der Waals surface area contributed by atoms with E-state index < -0.39 is 31.5 Å². The molecule has 1 unspecified atom stereocenters. The fourth-order valence-electron chi connectivity index (χ4n) is 3.52. The number of halogens is 1. The quantitative estimate of drug-likeness (QED) is 0.365. The van der Waals surface area contributed by atoms with Crippen molar-refractivity contribution in [3.05, 3.63) is 67.4 Å². The molecule has 0 bridgehead atoms. The van der Waals surface area contributed by atoms with Crippen LogP contribution in [-0.4, -0.2) is 38.5 Å². The summed E-state index contributed by atoms with van der Waals surface area (Å²) >= 11 is 6.02. The molecule has 1 atom stereocenters. The molecular formula is C21H20ClN3O6S. The van der Waals surface area contributed by atoms with E-state index in [1.807, 2.05) is 24.3 Å². The molecule has 3 aromatic carbocycles. The standard InChI is InChI=1S/C21H20ClN3O6S/c1-25(2)32(29,30)21-12(22)7-8-14(18(21)26)24-17-16(19(27)20(17)28)23-13-9-10-31-15-6-4-3-5-11(13)15/h3-8,13,23-24,26H,9-10H2,1-2H3. The summed E-state index contributed by atoms with van der Waals surface area (Å²) in [6, 6.07) is 9.74. The van der Waals surface area contributed by atoms with Crippen LogP contribution in [0.25, 0.3) is 0 Å². The van der Waals surface area contributed by atoms with Gasteiger partial charge in [0.05, 0.1) is 23.4 Å². The number of nitrogens with one attached hydrogen (secondary N) is 2. The van der Waals surface area contributed by atoms with Gasteiger partial charge in [-0.1, -0.05) is 29.8 Å². The van der Waals surface area contributed by atoms with Crippen molar-refractivity contribution in [3.8, 4) is 11.5 Å². The highest BCUT2D eigenvalue weighted by atomic mass is 35.5. The van der Waals surface area contributed by atoms with Crippen LogP contribution in [0, 0.1) is 0 Å². The number of sulfonamides is 1. The number of ether oxygens (including phenoxy) is 1. The molecule has 32 heavy (non-hydrogen) atoms. The summed E-state index contributed by atoms with van der Waals surface area (Å²) < 4.78 is 31.6. The van der Waals surface area contributed by atoms with E-state index in [0.717, 1.165) is 9.87 Å². The second-order valence-corrected chi connectivity index (χ2v) is 9.96. The Bertz CT molecular complexity index is 1380. The molecule has 3 aromatic rings. The Morgan fingerprint density at radius 2 is 1.78 bits per heavy atom. The van der Waals surface area contributed by atoms with Crippen molar-refractivity contribution in [2.75, 3.05) is 31.3 Å². The number of phenols is 1. The molecular weight excluding hydrogens is 458 g/mol. The summed E-state index contributed by atoms with van der Waals surface area (Å²) in [5, 5.41) is 16.2. The van der Waals surface area contributed by atoms with Crippen LogP contribution in [0.2, 0.25) is 5.02 Å². The summed E-state index contributed by atoms with van der Waals surface area (Å²) in [5.41, 5.74) is -0.707. The van der Waals surface area contributed by atoms with Crippen molar-refractivity contribution in [1.82, 2.24) is 4.31 Å². The lowest BCUT2D eigenvalue weighted by atomic mass is 9.99. The van der Waals surface area contributed by atoms with Crippen molar-refractivity contribution in [2.24, 2.45) is 0 Å². The van der Waals surface area contributed by atoms with Gasteiger partial charge in [-0.15, -0.1) is 0 Å². The zero-order valence-corrected chi connectivity index (χ0v) is 18.7. The number of hydrogen-bond donors (Lipinski definition) is 3. The second-order valence-electron chi connectivity index (χ2n) is 7.47. The van der Waals surface area contributed by atoms with E-state index in [0.29, 0.717) is 18.8 Å². The molecule has 0 aromatic heterocycles. The lowest BCUT2D eigenvalue weighted by molar-refractivity contribution is 0.274. The van der Waals surface area contributed by atoms with Crippen LogP contribution in [0.1, 0.15) is 18.0 Å². The number of phenolic OH excluding ortho intramolecular Hbond substituents is 1. The van der Waals surface area contributed by atoms with Crippen LogP contribution < -0.4 is 26.2 Å². The summed E-state index contributed by atoms with van der Waals surface area (Å²) in [6.07, 6.45) is 0.576. The first-order chi connectivity index (χ1) is 15.1. The van der Waals surface area contributed by atoms with E-state index in [9.17, 15) is 23.1 Å². The van der Waals surface area contributed by atoms with E-state index in [4.69, 9.17) is 16.3 Å². The van der Waals surface area contributed by atoms with Gasteiger partial charge in [0.25, 0.3) is 10.9 Å². The van der Waals surface area contributed by atoms with E-state index in [2.05, 4.69) is 10.6 Å². The molecule has 3 N–H and O–H groups in total. The molecule has 0 saturated heterocycles. The Morgan fingerprint density at radius 3 is 2.50 bits per heavy atom. The minimum Gasteiger partial charge on any atom is -0.504 e. The summed E-state index contributed by atoms with van der Waals surface area (Å²) in [4.78, 5) is 24.0. The van der Waals surface area contributed by atoms with E-state index in [1.165, 1.54) is 26.2 Å². The maximum atomic E-state index is 12.6. The van der Waals surface area contributed by atoms with Crippen LogP contribution >= 0.6 is 11.6 Å². The molecule has 1 heterocycles. The Morgan fingerprint density at radius 1 is 1.09 bits per heavy atom. The molecule has 0 spiro atoms. The van der Waals surface area contributed by atoms with Crippen molar-refractivity contribution in [2.45, 2.75) is 17.4 Å². The van der Waals surface area contributed by atoms with Gasteiger partial charge >= 0.3 is 0 Å². The van der Waals surface area contributed by atoms with Crippen molar-refractivity contribution < 1.29 is 18.3 Å². The number of anilines is 3. The van der Waals surface area contributed by atoms with Gasteiger partial charge in [0.15, 0.2) is 5.75 Å². The smallest absolute Gasteiger partial charge is 0.253 e. The zero-order chi connectivity index (χ0) is 23.2. The van der Waals surface area contributed by atoms with Crippen LogP contribution in [0.3, 0.4) is 0 Å². The number of hydrogen-bond acceptors (Lipinski definition) is 8. The molecule has 0 fully saturated rings. The average molecular weight is 478 g/mol. The van der Waals surface area contributed by atoms with E-state index in [-0.39, 0.29) is 28.1 Å². The number of para-hydroxylation sites is 1. The van der Waals surface area contributed by atoms with Crippen LogP contribution in [0.5, 0.6) is 11.5 Å². The van der Waals surface area contributed by atoms with Gasteiger partial charge in [-0.3, -0.25) is 9.59 Å². The van der Waals surface area contributed by atoms with Gasteiger partial charge in [-0.2, -0.15) is 0 Å². The summed E-state index contributed by atoms with van der Waals surface area (Å²) in [7, 11) is -1.46. The number of rotatable bonds is 6. The Hall–Kier alpha value is -3.08. The normalized spacial score (nSPS) is 15.9. The SMILES string of the molecule is CN(C)S(=O)(=O)c1c(Cl)ccc(Nc2c(NC3CCOc4ccccc43)c(=O)c2=O)c1O. The summed E-state index contributed by atoms with van der Waals surface area (Å²) in [6.45, 7) is 0.441. The molecule has 1 aliphatic heterocycles. The highest BCUT2D eigenvalue weighted by molar-refractivity contribution is 7.89. The first-order valence-electron chi connectivity index (χ1n) is 9.65. The van der Waals surface area contributed by atoms with Crippen LogP contribution in [0.15, 0.2) is 50.9 Å². The molecule has 0 saturated carbocycles. The third-order valence-electron chi connectivity index (χ3n) is 5.27. The Balaban J connectivity index is 1.68. The number of aromatic hydroxyl groups is 1. The molecule has 0 radical (unpaired) electrons. The molecule has 4 rings (SSSR count). The molecule has 11 heteroatoms. The topological polar surface area (TPSA) is 125 Å². The number of nitrogens with zero attached hydrogens (tertiary/aromatic N) is 1. The van der Waals surface area contributed by atoms with Gasteiger partial charge in [0.1, 0.15) is 22.0 Å². The molecule has 0 aliphatic carbocycles. The van der Waals surface area contributed by atoms with Gasteiger partial charge in [0.2, 0.25) is 10.0 Å². The molecule has 168 valence electrons. The number of benzene rings is 2. The lowest BCUT2D eigenvalue weighted by Gasteiger charge is -2.28. The monoisotopic (exact) mass is 477 g/mol. The highest BCUT2D eigenvalue weighted by Gasteiger charge is 2.30. The zero-order valence-electron chi connectivity index (χ0n) is 17.2. The minimum absolute atomic E-state index is 0.0584. The maximum Gasteiger partial charge on any atom is 0.253 e. The van der Waals surface area contributed by atoms with Gasteiger partial charge in [-0.05, 0) is 18.2 Å². The fourth-order valence-corrected chi connectivity index (χ4v) is 5.00. The largest absolute Gasteiger partial charge is 0.504 e. The molecule has 1 aliphatic rings. The van der Waals surface area contributed by atoms with Crippen molar-refractivity contribution in [1.29, 1.82) is 0 Å². The number of fused-ring (bicyclic) bond motifs is 1. The third-order valence-corrected chi connectivity index (χ3v) is 7.59. The molecule has 0 amide bonds. The minimum atomic E-state index is -4.07. The first kappa shape index (κ1) is 22.1. The highest BCUT2D eigenvalue weighted by Crippen LogP contribution is 2.40. The predicted octanol–water partition coefficient (Wildman–Crippen LogP) is 2.57.